The summed E-state index contributed by atoms with van der Waals surface area (Å²) in [5.74, 6) is -0.121. The zero-order valence-electron chi connectivity index (χ0n) is 10.2. The highest BCUT2D eigenvalue weighted by Crippen LogP contribution is 2.08. The summed E-state index contributed by atoms with van der Waals surface area (Å²) in [4.78, 5) is 25.7. The molecule has 0 atom stereocenters. The number of nitrogens with zero attached hydrogens (tertiary/aromatic N) is 2. The lowest BCUT2D eigenvalue weighted by Gasteiger charge is -2.20. The molecule has 2 amide bonds. The summed E-state index contributed by atoms with van der Waals surface area (Å²) in [5.41, 5.74) is 1.09. The fourth-order valence-corrected chi connectivity index (χ4v) is 1.95. The van der Waals surface area contributed by atoms with Crippen LogP contribution < -0.4 is 0 Å². The van der Waals surface area contributed by atoms with Crippen LogP contribution in [0.25, 0.3) is 0 Å². The Balaban J connectivity index is 2.44. The topological polar surface area (TPSA) is 49.9 Å². The number of likely N-dealkylation sites (N-methyl/N-ethyl adjacent to an activating group) is 2. The molecular weight excluding hydrogens is 240 g/mol. The molecule has 0 aliphatic heterocycles. The van der Waals surface area contributed by atoms with Crippen molar-refractivity contribution in [3.63, 3.8) is 0 Å². The van der Waals surface area contributed by atoms with Gasteiger partial charge >= 0.3 is 6.09 Å². The second-order valence-corrected chi connectivity index (χ2v) is 4.49. The molecule has 94 valence electrons. The van der Waals surface area contributed by atoms with Crippen molar-refractivity contribution in [1.82, 2.24) is 9.80 Å². The van der Waals surface area contributed by atoms with Crippen LogP contribution in [0.15, 0.2) is 16.8 Å². The Morgan fingerprint density at radius 3 is 2.59 bits per heavy atom. The Kier molecular flexibility index (Phi) is 4.96. The van der Waals surface area contributed by atoms with E-state index < -0.39 is 6.09 Å². The summed E-state index contributed by atoms with van der Waals surface area (Å²) in [5, 5.41) is 3.96. The van der Waals surface area contributed by atoms with E-state index in [9.17, 15) is 9.59 Å². The highest BCUT2D eigenvalue weighted by Gasteiger charge is 2.16. The van der Waals surface area contributed by atoms with Gasteiger partial charge in [-0.3, -0.25) is 4.79 Å². The van der Waals surface area contributed by atoms with Crippen LogP contribution in [-0.4, -0.2) is 49.6 Å². The van der Waals surface area contributed by atoms with E-state index in [-0.39, 0.29) is 12.5 Å². The Morgan fingerprint density at radius 1 is 1.35 bits per heavy atom. The molecule has 0 spiro atoms. The van der Waals surface area contributed by atoms with Gasteiger partial charge in [-0.1, -0.05) is 0 Å². The van der Waals surface area contributed by atoms with Gasteiger partial charge in [0.25, 0.3) is 0 Å². The maximum absolute atomic E-state index is 11.8. The number of thiophene rings is 1. The number of amides is 2. The van der Waals surface area contributed by atoms with Gasteiger partial charge in [0.1, 0.15) is 6.54 Å². The minimum absolute atomic E-state index is 0.0211. The van der Waals surface area contributed by atoms with E-state index in [0.29, 0.717) is 6.54 Å². The molecule has 0 saturated carbocycles. The number of ether oxygens (including phenoxy) is 1. The standard InChI is InChI=1S/C11H16N2O3S/c1-12(6-9-4-5-17-8-9)10(14)7-13(2)11(15)16-3/h4-5,8H,6-7H2,1-3H3. The number of hydrogen-bond donors (Lipinski definition) is 0. The summed E-state index contributed by atoms with van der Waals surface area (Å²) >= 11 is 1.59. The number of methoxy groups -OCH3 is 1. The molecule has 1 aromatic rings. The number of carbonyl (C=O) groups is 2. The normalized spacial score (nSPS) is 9.82. The summed E-state index contributed by atoms with van der Waals surface area (Å²) in [6, 6.07) is 1.97. The molecular formula is C11H16N2O3S. The average Bonchev–Trinajstić information content (AvgIpc) is 2.80. The van der Waals surface area contributed by atoms with Gasteiger partial charge in [-0.25, -0.2) is 4.79 Å². The Hall–Kier alpha value is -1.56. The maximum atomic E-state index is 11.8. The molecule has 0 unspecified atom stereocenters. The molecule has 5 nitrogen and oxygen atoms in total. The van der Waals surface area contributed by atoms with Crippen molar-refractivity contribution in [2.24, 2.45) is 0 Å². The van der Waals surface area contributed by atoms with Gasteiger partial charge < -0.3 is 14.5 Å². The lowest BCUT2D eigenvalue weighted by atomic mass is 10.3. The first kappa shape index (κ1) is 13.5. The van der Waals surface area contributed by atoms with Crippen LogP contribution in [0, 0.1) is 0 Å². The first-order chi connectivity index (χ1) is 8.04. The van der Waals surface area contributed by atoms with Gasteiger partial charge in [-0.05, 0) is 22.4 Å². The van der Waals surface area contributed by atoms with Crippen LogP contribution in [-0.2, 0) is 16.1 Å². The third-order valence-corrected chi connectivity index (χ3v) is 3.02. The van der Waals surface area contributed by atoms with Gasteiger partial charge in [-0.15, -0.1) is 0 Å². The molecule has 1 heterocycles. The van der Waals surface area contributed by atoms with Crippen molar-refractivity contribution in [1.29, 1.82) is 0 Å². The van der Waals surface area contributed by atoms with Gasteiger partial charge in [-0.2, -0.15) is 11.3 Å². The third-order valence-electron chi connectivity index (χ3n) is 2.28. The van der Waals surface area contributed by atoms with Crippen molar-refractivity contribution in [2.45, 2.75) is 6.54 Å². The smallest absolute Gasteiger partial charge is 0.409 e. The SMILES string of the molecule is COC(=O)N(C)CC(=O)N(C)Cc1ccsc1. The highest BCUT2D eigenvalue weighted by atomic mass is 32.1. The molecule has 0 saturated heterocycles. The number of carbonyl (C=O) groups excluding carboxylic acids is 2. The van der Waals surface area contributed by atoms with Crippen LogP contribution in [0.3, 0.4) is 0 Å². The van der Waals surface area contributed by atoms with Crippen LogP contribution in [0.1, 0.15) is 5.56 Å². The van der Waals surface area contributed by atoms with E-state index in [1.165, 1.54) is 19.1 Å². The monoisotopic (exact) mass is 256 g/mol. The van der Waals surface area contributed by atoms with Crippen LogP contribution in [0.4, 0.5) is 4.79 Å². The van der Waals surface area contributed by atoms with Gasteiger partial charge in [0, 0.05) is 20.6 Å². The average molecular weight is 256 g/mol. The predicted octanol–water partition coefficient (Wildman–Crippen LogP) is 1.40. The molecule has 0 radical (unpaired) electrons. The van der Waals surface area contributed by atoms with E-state index in [1.54, 1.807) is 23.3 Å². The fourth-order valence-electron chi connectivity index (χ4n) is 1.29. The highest BCUT2D eigenvalue weighted by molar-refractivity contribution is 7.07. The maximum Gasteiger partial charge on any atom is 0.409 e. The zero-order valence-corrected chi connectivity index (χ0v) is 11.0. The molecule has 0 N–H and O–H groups in total. The summed E-state index contributed by atoms with van der Waals surface area (Å²) in [7, 11) is 4.53. The fraction of sp³-hybridized carbons (Fsp3) is 0.455. The predicted molar refractivity (Wildman–Crippen MR) is 65.8 cm³/mol. The van der Waals surface area contributed by atoms with Crippen LogP contribution in [0.5, 0.6) is 0 Å². The summed E-state index contributed by atoms with van der Waals surface area (Å²) in [6.07, 6.45) is -0.512. The van der Waals surface area contributed by atoms with E-state index in [1.807, 2.05) is 16.8 Å². The van der Waals surface area contributed by atoms with Gasteiger partial charge in [0.2, 0.25) is 5.91 Å². The zero-order chi connectivity index (χ0) is 12.8. The Morgan fingerprint density at radius 2 is 2.06 bits per heavy atom. The van der Waals surface area contributed by atoms with E-state index >= 15 is 0 Å². The second-order valence-electron chi connectivity index (χ2n) is 3.71. The quantitative estimate of drug-likeness (QED) is 0.818. The first-order valence-electron chi connectivity index (χ1n) is 5.08. The minimum Gasteiger partial charge on any atom is -0.453 e. The summed E-state index contributed by atoms with van der Waals surface area (Å²) < 4.78 is 4.52. The molecule has 0 fully saturated rings. The molecule has 0 aliphatic rings. The van der Waals surface area contributed by atoms with E-state index in [4.69, 9.17) is 0 Å². The van der Waals surface area contributed by atoms with Gasteiger partial charge in [0.15, 0.2) is 0 Å². The Labute approximate surface area is 105 Å². The van der Waals surface area contributed by atoms with Crippen LogP contribution >= 0.6 is 11.3 Å². The van der Waals surface area contributed by atoms with Crippen molar-refractivity contribution in [3.8, 4) is 0 Å². The minimum atomic E-state index is -0.512. The molecule has 0 aromatic carbocycles. The van der Waals surface area contributed by atoms with Gasteiger partial charge in [0.05, 0.1) is 7.11 Å². The lowest BCUT2D eigenvalue weighted by Crippen LogP contribution is -2.38. The van der Waals surface area contributed by atoms with Crippen molar-refractivity contribution >= 4 is 23.3 Å². The Bertz CT molecular complexity index is 378. The van der Waals surface area contributed by atoms with Crippen molar-refractivity contribution in [3.05, 3.63) is 22.4 Å². The largest absolute Gasteiger partial charge is 0.453 e. The summed E-state index contributed by atoms with van der Waals surface area (Å²) in [6.45, 7) is 0.574. The molecule has 1 rings (SSSR count). The number of hydrogen-bond acceptors (Lipinski definition) is 4. The van der Waals surface area contributed by atoms with Crippen molar-refractivity contribution in [2.75, 3.05) is 27.7 Å². The molecule has 0 bridgehead atoms. The molecule has 1 aromatic heterocycles. The molecule has 0 aliphatic carbocycles. The molecule has 17 heavy (non-hydrogen) atoms. The van der Waals surface area contributed by atoms with Crippen molar-refractivity contribution < 1.29 is 14.3 Å². The third kappa shape index (κ3) is 4.07. The van der Waals surface area contributed by atoms with Crippen LogP contribution in [0.2, 0.25) is 0 Å². The molecule has 6 heteroatoms. The van der Waals surface area contributed by atoms with E-state index in [2.05, 4.69) is 4.74 Å². The van der Waals surface area contributed by atoms with E-state index in [0.717, 1.165) is 5.56 Å². The lowest BCUT2D eigenvalue weighted by molar-refractivity contribution is -0.131. The first-order valence-corrected chi connectivity index (χ1v) is 6.03. The second kappa shape index (κ2) is 6.24. The number of rotatable bonds is 4.